The highest BCUT2D eigenvalue weighted by Gasteiger charge is 2.23. The van der Waals surface area contributed by atoms with Crippen LogP contribution in [0.15, 0.2) is 18.2 Å². The summed E-state index contributed by atoms with van der Waals surface area (Å²) in [6.07, 6.45) is 1.40. The molecule has 1 aliphatic rings. The third-order valence-electron chi connectivity index (χ3n) is 3.77. The maximum absolute atomic E-state index is 12.2. The molecule has 2 N–H and O–H groups in total. The van der Waals surface area contributed by atoms with Gasteiger partial charge in [0.1, 0.15) is 5.69 Å². The Bertz CT molecular complexity index is 632. The molecule has 1 heterocycles. The van der Waals surface area contributed by atoms with Gasteiger partial charge >= 0.3 is 0 Å². The summed E-state index contributed by atoms with van der Waals surface area (Å²) in [6, 6.07) is 4.05. The van der Waals surface area contributed by atoms with Gasteiger partial charge in [0.15, 0.2) is 0 Å². The molecule has 8 heteroatoms. The molecule has 23 heavy (non-hydrogen) atoms. The Morgan fingerprint density at radius 2 is 2.22 bits per heavy atom. The van der Waals surface area contributed by atoms with E-state index in [0.29, 0.717) is 25.2 Å². The summed E-state index contributed by atoms with van der Waals surface area (Å²) in [5.74, 6) is -0.296. The molecule has 0 aromatic heterocycles. The largest absolute Gasteiger partial charge is 0.383 e. The molecular formula is C15H20N4O4. The van der Waals surface area contributed by atoms with Crippen molar-refractivity contribution in [2.45, 2.75) is 25.8 Å². The lowest BCUT2D eigenvalue weighted by Crippen LogP contribution is -2.42. The quantitative estimate of drug-likeness (QED) is 0.608. The Kier molecular flexibility index (Phi) is 5.15. The van der Waals surface area contributed by atoms with E-state index >= 15 is 0 Å². The topological polar surface area (TPSA) is 105 Å². The van der Waals surface area contributed by atoms with Gasteiger partial charge in [-0.25, -0.2) is 0 Å². The number of nitrogens with one attached hydrogen (secondary N) is 2. The number of amides is 2. The number of nitro benzene ring substituents is 1. The van der Waals surface area contributed by atoms with Crippen LogP contribution in [0.4, 0.5) is 11.4 Å². The maximum atomic E-state index is 12.2. The van der Waals surface area contributed by atoms with Crippen LogP contribution < -0.4 is 10.6 Å². The monoisotopic (exact) mass is 320 g/mol. The highest BCUT2D eigenvalue weighted by Crippen LogP contribution is 2.25. The van der Waals surface area contributed by atoms with Crippen LogP contribution in [-0.2, 0) is 4.79 Å². The molecule has 0 bridgehead atoms. The number of hydrogen-bond donors (Lipinski definition) is 2. The number of rotatable bonds is 6. The Morgan fingerprint density at radius 3 is 2.78 bits per heavy atom. The van der Waals surface area contributed by atoms with Gasteiger partial charge in [-0.2, -0.15) is 0 Å². The van der Waals surface area contributed by atoms with Crippen molar-refractivity contribution in [2.75, 3.05) is 25.5 Å². The van der Waals surface area contributed by atoms with Crippen molar-refractivity contribution in [1.29, 1.82) is 0 Å². The molecule has 1 atom stereocenters. The van der Waals surface area contributed by atoms with Crippen LogP contribution in [0.1, 0.15) is 30.1 Å². The number of benzene rings is 1. The standard InChI is InChI=1S/C15H20N4O4/c1-10(9-18-7-3-4-14(18)20)17-15(21)11-5-6-12(16-2)13(8-11)19(22)23/h5-6,8,10,16H,3-4,7,9H2,1-2H3,(H,17,21). The molecule has 0 aliphatic carbocycles. The van der Waals surface area contributed by atoms with Crippen LogP contribution in [0.2, 0.25) is 0 Å². The van der Waals surface area contributed by atoms with E-state index in [1.807, 2.05) is 0 Å². The minimum absolute atomic E-state index is 0.0973. The van der Waals surface area contributed by atoms with E-state index in [-0.39, 0.29) is 23.2 Å². The van der Waals surface area contributed by atoms with Crippen LogP contribution in [0.25, 0.3) is 0 Å². The van der Waals surface area contributed by atoms with Gasteiger partial charge in [-0.1, -0.05) is 0 Å². The fraction of sp³-hybridized carbons (Fsp3) is 0.467. The van der Waals surface area contributed by atoms with E-state index in [2.05, 4.69) is 10.6 Å². The molecule has 0 radical (unpaired) electrons. The molecule has 0 spiro atoms. The van der Waals surface area contributed by atoms with Crippen LogP contribution in [-0.4, -0.2) is 47.8 Å². The summed E-state index contributed by atoms with van der Waals surface area (Å²) < 4.78 is 0. The van der Waals surface area contributed by atoms with Crippen molar-refractivity contribution >= 4 is 23.2 Å². The Balaban J connectivity index is 2.03. The smallest absolute Gasteiger partial charge is 0.293 e. The minimum Gasteiger partial charge on any atom is -0.383 e. The molecule has 0 saturated carbocycles. The molecule has 124 valence electrons. The first kappa shape index (κ1) is 16.7. The predicted molar refractivity (Wildman–Crippen MR) is 85.4 cm³/mol. The highest BCUT2D eigenvalue weighted by atomic mass is 16.6. The average Bonchev–Trinajstić information content (AvgIpc) is 2.91. The van der Waals surface area contributed by atoms with Crippen molar-refractivity contribution in [2.24, 2.45) is 0 Å². The van der Waals surface area contributed by atoms with Crippen LogP contribution in [0, 0.1) is 10.1 Å². The fourth-order valence-corrected chi connectivity index (χ4v) is 2.62. The Labute approximate surface area is 134 Å². The van der Waals surface area contributed by atoms with E-state index < -0.39 is 10.8 Å². The van der Waals surface area contributed by atoms with Crippen LogP contribution >= 0.6 is 0 Å². The lowest BCUT2D eigenvalue weighted by atomic mass is 10.1. The van der Waals surface area contributed by atoms with Crippen molar-refractivity contribution < 1.29 is 14.5 Å². The van der Waals surface area contributed by atoms with Crippen molar-refractivity contribution in [3.63, 3.8) is 0 Å². The lowest BCUT2D eigenvalue weighted by molar-refractivity contribution is -0.384. The molecule has 2 rings (SSSR count). The minimum atomic E-state index is -0.533. The summed E-state index contributed by atoms with van der Waals surface area (Å²) in [7, 11) is 1.58. The number of carbonyl (C=O) groups is 2. The van der Waals surface area contributed by atoms with Gasteiger partial charge in [0.05, 0.1) is 4.92 Å². The van der Waals surface area contributed by atoms with Crippen molar-refractivity contribution in [3.05, 3.63) is 33.9 Å². The van der Waals surface area contributed by atoms with Crippen LogP contribution in [0.3, 0.4) is 0 Å². The number of nitro groups is 1. The predicted octanol–water partition coefficient (Wildman–Crippen LogP) is 1.38. The third kappa shape index (κ3) is 3.97. The zero-order valence-electron chi connectivity index (χ0n) is 13.2. The third-order valence-corrected chi connectivity index (χ3v) is 3.77. The highest BCUT2D eigenvalue weighted by molar-refractivity contribution is 5.96. The van der Waals surface area contributed by atoms with Gasteiger partial charge < -0.3 is 15.5 Å². The number of likely N-dealkylation sites (tertiary alicyclic amines) is 1. The van der Waals surface area contributed by atoms with E-state index in [9.17, 15) is 19.7 Å². The molecule has 1 aromatic rings. The number of hydrogen-bond acceptors (Lipinski definition) is 5. The molecule has 2 amide bonds. The molecule has 1 saturated heterocycles. The summed E-state index contributed by atoms with van der Waals surface area (Å²) in [6.45, 7) is 2.96. The number of carbonyl (C=O) groups excluding carboxylic acids is 2. The summed E-state index contributed by atoms with van der Waals surface area (Å²) in [4.78, 5) is 36.0. The number of anilines is 1. The first-order valence-corrected chi connectivity index (χ1v) is 7.47. The number of nitrogens with zero attached hydrogens (tertiary/aromatic N) is 2. The van der Waals surface area contributed by atoms with E-state index in [1.165, 1.54) is 18.2 Å². The normalized spacial score (nSPS) is 15.4. The molecule has 8 nitrogen and oxygen atoms in total. The molecule has 1 aromatic carbocycles. The fourth-order valence-electron chi connectivity index (χ4n) is 2.62. The van der Waals surface area contributed by atoms with Gasteiger partial charge in [0.25, 0.3) is 11.6 Å². The first-order chi connectivity index (χ1) is 10.9. The Hall–Kier alpha value is -2.64. The van der Waals surface area contributed by atoms with E-state index in [0.717, 1.165) is 6.42 Å². The second kappa shape index (κ2) is 7.08. The first-order valence-electron chi connectivity index (χ1n) is 7.47. The zero-order chi connectivity index (χ0) is 17.0. The van der Waals surface area contributed by atoms with E-state index in [1.54, 1.807) is 18.9 Å². The molecule has 1 aliphatic heterocycles. The van der Waals surface area contributed by atoms with E-state index in [4.69, 9.17) is 0 Å². The van der Waals surface area contributed by atoms with Gasteiger partial charge in [0, 0.05) is 44.2 Å². The van der Waals surface area contributed by atoms with Crippen LogP contribution in [0.5, 0.6) is 0 Å². The molecular weight excluding hydrogens is 300 g/mol. The van der Waals surface area contributed by atoms with Gasteiger partial charge in [-0.15, -0.1) is 0 Å². The van der Waals surface area contributed by atoms with Gasteiger partial charge in [-0.05, 0) is 25.5 Å². The molecule has 1 fully saturated rings. The summed E-state index contributed by atoms with van der Waals surface area (Å²) >= 11 is 0. The Morgan fingerprint density at radius 1 is 1.48 bits per heavy atom. The summed E-state index contributed by atoms with van der Waals surface area (Å²) in [5, 5.41) is 16.5. The SMILES string of the molecule is CNc1ccc(C(=O)NC(C)CN2CCCC2=O)cc1[N+](=O)[O-]. The second-order valence-electron chi connectivity index (χ2n) is 5.56. The van der Waals surface area contributed by atoms with Gasteiger partial charge in [0.2, 0.25) is 5.91 Å². The maximum Gasteiger partial charge on any atom is 0.293 e. The summed E-state index contributed by atoms with van der Waals surface area (Å²) in [5.41, 5.74) is 0.417. The lowest BCUT2D eigenvalue weighted by Gasteiger charge is -2.21. The van der Waals surface area contributed by atoms with Crippen molar-refractivity contribution in [1.82, 2.24) is 10.2 Å². The zero-order valence-corrected chi connectivity index (χ0v) is 13.2. The average molecular weight is 320 g/mol. The van der Waals surface area contributed by atoms with Crippen molar-refractivity contribution in [3.8, 4) is 0 Å². The molecule has 1 unspecified atom stereocenters. The second-order valence-corrected chi connectivity index (χ2v) is 5.56. The van der Waals surface area contributed by atoms with Gasteiger partial charge in [-0.3, -0.25) is 19.7 Å².